The molecule has 0 bridgehead atoms. The SMILES string of the molecule is COc1ccc(NC(=O)C2CCN(S(=O)(=O)c3cc(F)ccc3OC)CC2)cc1OC. The van der Waals surface area contributed by atoms with Gasteiger partial charge in [0.25, 0.3) is 0 Å². The molecule has 1 N–H and O–H groups in total. The first kappa shape index (κ1) is 22.8. The number of carbonyl (C=O) groups is 1. The van der Waals surface area contributed by atoms with Crippen LogP contribution in [0.2, 0.25) is 0 Å². The van der Waals surface area contributed by atoms with Gasteiger partial charge in [0.05, 0.1) is 21.3 Å². The molecule has 31 heavy (non-hydrogen) atoms. The molecule has 0 unspecified atom stereocenters. The molecule has 1 amide bonds. The van der Waals surface area contributed by atoms with Gasteiger partial charge < -0.3 is 19.5 Å². The smallest absolute Gasteiger partial charge is 0.246 e. The molecule has 0 saturated carbocycles. The highest BCUT2D eigenvalue weighted by Crippen LogP contribution is 2.32. The van der Waals surface area contributed by atoms with Crippen molar-refractivity contribution in [2.45, 2.75) is 17.7 Å². The largest absolute Gasteiger partial charge is 0.495 e. The summed E-state index contributed by atoms with van der Waals surface area (Å²) in [7, 11) is 0.417. The number of nitrogens with zero attached hydrogens (tertiary/aromatic N) is 1. The van der Waals surface area contributed by atoms with Crippen LogP contribution in [0.25, 0.3) is 0 Å². The van der Waals surface area contributed by atoms with Crippen molar-refractivity contribution in [2.24, 2.45) is 5.92 Å². The normalized spacial score (nSPS) is 15.4. The van der Waals surface area contributed by atoms with Crippen LogP contribution in [0.3, 0.4) is 0 Å². The number of hydrogen-bond acceptors (Lipinski definition) is 6. The highest BCUT2D eigenvalue weighted by Gasteiger charge is 2.34. The number of ether oxygens (including phenoxy) is 3. The number of anilines is 1. The average Bonchev–Trinajstić information content (AvgIpc) is 2.79. The van der Waals surface area contributed by atoms with E-state index >= 15 is 0 Å². The molecule has 1 heterocycles. The summed E-state index contributed by atoms with van der Waals surface area (Å²) in [6, 6.07) is 8.43. The highest BCUT2D eigenvalue weighted by atomic mass is 32.2. The van der Waals surface area contributed by atoms with Crippen LogP contribution in [-0.4, -0.2) is 53.0 Å². The van der Waals surface area contributed by atoms with Crippen LogP contribution >= 0.6 is 0 Å². The first-order chi connectivity index (χ1) is 14.8. The van der Waals surface area contributed by atoms with Crippen LogP contribution in [0, 0.1) is 11.7 Å². The Balaban J connectivity index is 1.66. The minimum absolute atomic E-state index is 0.0784. The number of rotatable bonds is 7. The maximum absolute atomic E-state index is 13.6. The lowest BCUT2D eigenvalue weighted by molar-refractivity contribution is -0.120. The number of nitrogens with one attached hydrogen (secondary N) is 1. The Morgan fingerprint density at radius 2 is 1.58 bits per heavy atom. The van der Waals surface area contributed by atoms with Crippen molar-refractivity contribution in [3.63, 3.8) is 0 Å². The molecule has 1 fully saturated rings. The van der Waals surface area contributed by atoms with E-state index in [4.69, 9.17) is 14.2 Å². The van der Waals surface area contributed by atoms with E-state index in [9.17, 15) is 17.6 Å². The van der Waals surface area contributed by atoms with Crippen molar-refractivity contribution in [1.82, 2.24) is 4.31 Å². The van der Waals surface area contributed by atoms with E-state index in [1.807, 2.05) is 0 Å². The molecule has 0 aromatic heterocycles. The van der Waals surface area contributed by atoms with Gasteiger partial charge in [0.1, 0.15) is 16.5 Å². The molecule has 0 spiro atoms. The molecule has 2 aromatic carbocycles. The number of piperidine rings is 1. The first-order valence-electron chi connectivity index (χ1n) is 9.66. The fraction of sp³-hybridized carbons (Fsp3) is 0.381. The van der Waals surface area contributed by atoms with E-state index in [0.29, 0.717) is 30.0 Å². The van der Waals surface area contributed by atoms with Crippen molar-refractivity contribution in [3.8, 4) is 17.2 Å². The number of halogens is 1. The summed E-state index contributed by atoms with van der Waals surface area (Å²) in [6.45, 7) is 0.290. The Morgan fingerprint density at radius 1 is 0.968 bits per heavy atom. The third kappa shape index (κ3) is 4.91. The van der Waals surface area contributed by atoms with Crippen LogP contribution in [0.15, 0.2) is 41.3 Å². The third-order valence-corrected chi connectivity index (χ3v) is 7.14. The lowest BCUT2D eigenvalue weighted by Crippen LogP contribution is -2.41. The van der Waals surface area contributed by atoms with E-state index in [2.05, 4.69) is 5.32 Å². The molecule has 0 radical (unpaired) electrons. The second-order valence-electron chi connectivity index (χ2n) is 7.03. The monoisotopic (exact) mass is 452 g/mol. The van der Waals surface area contributed by atoms with Gasteiger partial charge in [-0.1, -0.05) is 0 Å². The summed E-state index contributed by atoms with van der Waals surface area (Å²) < 4.78 is 56.4. The molecule has 1 aliphatic heterocycles. The van der Waals surface area contributed by atoms with E-state index in [0.717, 1.165) is 12.1 Å². The molecule has 0 aliphatic carbocycles. The molecule has 8 nitrogen and oxygen atoms in total. The number of amides is 1. The quantitative estimate of drug-likeness (QED) is 0.694. The summed E-state index contributed by atoms with van der Waals surface area (Å²) in [5.41, 5.74) is 0.558. The van der Waals surface area contributed by atoms with Gasteiger partial charge in [0, 0.05) is 30.8 Å². The van der Waals surface area contributed by atoms with Crippen molar-refractivity contribution in [2.75, 3.05) is 39.7 Å². The summed E-state index contributed by atoms with van der Waals surface area (Å²) in [4.78, 5) is 12.5. The number of hydrogen-bond donors (Lipinski definition) is 1. The van der Waals surface area contributed by atoms with E-state index in [1.54, 1.807) is 18.2 Å². The topological polar surface area (TPSA) is 94.2 Å². The molecule has 2 aromatic rings. The number of sulfonamides is 1. The Bertz CT molecular complexity index is 1050. The standard InChI is InChI=1S/C21H25FN2O6S/c1-28-17-7-5-16(13-19(17)30-3)23-21(25)14-8-10-24(11-9-14)31(26,27)20-12-15(22)4-6-18(20)29-2/h4-7,12-14H,8-11H2,1-3H3,(H,23,25). The second-order valence-corrected chi connectivity index (χ2v) is 8.94. The van der Waals surface area contributed by atoms with Crippen LogP contribution in [0.5, 0.6) is 17.2 Å². The van der Waals surface area contributed by atoms with Gasteiger partial charge in [-0.25, -0.2) is 12.8 Å². The van der Waals surface area contributed by atoms with E-state index in [1.165, 1.54) is 31.7 Å². The van der Waals surface area contributed by atoms with Crippen LogP contribution in [-0.2, 0) is 14.8 Å². The van der Waals surface area contributed by atoms with Crippen LogP contribution < -0.4 is 19.5 Å². The third-order valence-electron chi connectivity index (χ3n) is 5.22. The van der Waals surface area contributed by atoms with E-state index < -0.39 is 15.8 Å². The van der Waals surface area contributed by atoms with Gasteiger partial charge in [0.2, 0.25) is 15.9 Å². The molecular formula is C21H25FN2O6S. The number of benzene rings is 2. The van der Waals surface area contributed by atoms with Gasteiger partial charge in [-0.3, -0.25) is 4.79 Å². The minimum atomic E-state index is -3.95. The van der Waals surface area contributed by atoms with Crippen molar-refractivity contribution in [3.05, 3.63) is 42.2 Å². The van der Waals surface area contributed by atoms with Gasteiger partial charge in [-0.05, 0) is 43.2 Å². The van der Waals surface area contributed by atoms with Gasteiger partial charge in [-0.2, -0.15) is 4.31 Å². The summed E-state index contributed by atoms with van der Waals surface area (Å²) in [5, 5.41) is 2.84. The number of carbonyl (C=O) groups excluding carboxylic acids is 1. The zero-order chi connectivity index (χ0) is 22.6. The van der Waals surface area contributed by atoms with Crippen LogP contribution in [0.4, 0.5) is 10.1 Å². The van der Waals surface area contributed by atoms with Crippen LogP contribution in [0.1, 0.15) is 12.8 Å². The fourth-order valence-electron chi connectivity index (χ4n) is 3.51. The first-order valence-corrected chi connectivity index (χ1v) is 11.1. The Kier molecular flexibility index (Phi) is 7.01. The molecular weight excluding hydrogens is 427 g/mol. The maximum atomic E-state index is 13.6. The van der Waals surface area contributed by atoms with E-state index in [-0.39, 0.29) is 35.6 Å². The lowest BCUT2D eigenvalue weighted by atomic mass is 9.97. The molecule has 1 aliphatic rings. The lowest BCUT2D eigenvalue weighted by Gasteiger charge is -2.31. The predicted molar refractivity (Wildman–Crippen MR) is 113 cm³/mol. The van der Waals surface area contributed by atoms with Crippen molar-refractivity contribution in [1.29, 1.82) is 0 Å². The minimum Gasteiger partial charge on any atom is -0.495 e. The summed E-state index contributed by atoms with van der Waals surface area (Å²) in [6.07, 6.45) is 0.686. The predicted octanol–water partition coefficient (Wildman–Crippen LogP) is 2.89. The second kappa shape index (κ2) is 9.52. The Morgan fingerprint density at radius 3 is 2.19 bits per heavy atom. The average molecular weight is 453 g/mol. The zero-order valence-electron chi connectivity index (χ0n) is 17.6. The maximum Gasteiger partial charge on any atom is 0.246 e. The molecule has 0 atom stereocenters. The van der Waals surface area contributed by atoms with Crippen molar-refractivity contribution < 1.29 is 31.8 Å². The van der Waals surface area contributed by atoms with Gasteiger partial charge in [-0.15, -0.1) is 0 Å². The number of methoxy groups -OCH3 is 3. The highest BCUT2D eigenvalue weighted by molar-refractivity contribution is 7.89. The Labute approximate surface area is 181 Å². The van der Waals surface area contributed by atoms with Crippen molar-refractivity contribution >= 4 is 21.6 Å². The fourth-order valence-corrected chi connectivity index (χ4v) is 5.14. The summed E-state index contributed by atoms with van der Waals surface area (Å²) in [5.74, 6) is -0.100. The van der Waals surface area contributed by atoms with Gasteiger partial charge >= 0.3 is 0 Å². The zero-order valence-corrected chi connectivity index (χ0v) is 18.4. The molecule has 1 saturated heterocycles. The Hall–Kier alpha value is -2.85. The molecule has 10 heteroatoms. The molecule has 168 valence electrons. The molecule has 3 rings (SSSR count). The summed E-state index contributed by atoms with van der Waals surface area (Å²) >= 11 is 0. The van der Waals surface area contributed by atoms with Gasteiger partial charge in [0.15, 0.2) is 11.5 Å².